The van der Waals surface area contributed by atoms with Crippen LogP contribution in [-0.2, 0) is 0 Å². The number of para-hydroxylation sites is 1. The highest BCUT2D eigenvalue weighted by atomic mass is 16.5. The molecule has 1 heterocycles. The summed E-state index contributed by atoms with van der Waals surface area (Å²) in [5, 5.41) is 7.56. The minimum absolute atomic E-state index is 0.492. The van der Waals surface area contributed by atoms with Crippen molar-refractivity contribution < 1.29 is 4.74 Å². The van der Waals surface area contributed by atoms with E-state index in [2.05, 4.69) is 10.2 Å². The van der Waals surface area contributed by atoms with Gasteiger partial charge in [0.25, 0.3) is 0 Å². The maximum atomic E-state index is 5.03. The predicted octanol–water partition coefficient (Wildman–Crippen LogP) is 1.28. The Morgan fingerprint density at radius 3 is 2.69 bits per heavy atom. The Morgan fingerprint density at radius 1 is 1.23 bits per heavy atom. The van der Waals surface area contributed by atoms with E-state index < -0.39 is 0 Å². The van der Waals surface area contributed by atoms with Gasteiger partial charge in [0.05, 0.1) is 12.8 Å². The molecule has 0 aliphatic heterocycles. The van der Waals surface area contributed by atoms with E-state index in [1.807, 2.05) is 30.3 Å². The Hall–Kier alpha value is -1.84. The lowest BCUT2D eigenvalue weighted by atomic mass is 10.3. The van der Waals surface area contributed by atoms with Crippen molar-refractivity contribution in [3.63, 3.8) is 0 Å². The van der Waals surface area contributed by atoms with Crippen molar-refractivity contribution in [2.24, 2.45) is 0 Å². The molecule has 0 aliphatic rings. The maximum absolute atomic E-state index is 5.03. The summed E-state index contributed by atoms with van der Waals surface area (Å²) in [6.07, 6.45) is 1.62. The first-order valence-corrected chi connectivity index (χ1v) is 3.91. The van der Waals surface area contributed by atoms with E-state index in [0.717, 1.165) is 5.69 Å². The van der Waals surface area contributed by atoms with Gasteiger partial charge in [-0.05, 0) is 12.1 Å². The van der Waals surface area contributed by atoms with E-state index >= 15 is 0 Å². The summed E-state index contributed by atoms with van der Waals surface area (Å²) in [7, 11) is 1.57. The molecular formula is C9H9N3O. The fourth-order valence-electron chi connectivity index (χ4n) is 1.13. The number of hydrogen-bond donors (Lipinski definition) is 0. The number of aromatic nitrogens is 3. The molecule has 66 valence electrons. The molecular weight excluding hydrogens is 166 g/mol. The van der Waals surface area contributed by atoms with Gasteiger partial charge in [-0.2, -0.15) is 0 Å². The molecule has 0 spiro atoms. The van der Waals surface area contributed by atoms with Crippen LogP contribution in [-0.4, -0.2) is 21.9 Å². The standard InChI is InChI=1S/C9H9N3O/c1-13-9-11-10-7-12(9)8-5-3-2-4-6-8/h2-7H,1H3. The highest BCUT2D eigenvalue weighted by molar-refractivity contribution is 5.33. The SMILES string of the molecule is COc1nncn1-c1ccccc1. The molecule has 1 aromatic carbocycles. The largest absolute Gasteiger partial charge is 0.467 e. The van der Waals surface area contributed by atoms with Gasteiger partial charge in [0.15, 0.2) is 0 Å². The fourth-order valence-corrected chi connectivity index (χ4v) is 1.13. The van der Waals surface area contributed by atoms with Gasteiger partial charge in [0.2, 0.25) is 0 Å². The number of hydrogen-bond acceptors (Lipinski definition) is 3. The first kappa shape index (κ1) is 7.79. The number of benzene rings is 1. The molecule has 0 fully saturated rings. The predicted molar refractivity (Wildman–Crippen MR) is 47.9 cm³/mol. The van der Waals surface area contributed by atoms with Crippen molar-refractivity contribution in [1.29, 1.82) is 0 Å². The molecule has 0 unspecified atom stereocenters. The summed E-state index contributed by atoms with van der Waals surface area (Å²) in [4.78, 5) is 0. The number of ether oxygens (including phenoxy) is 1. The maximum Gasteiger partial charge on any atom is 0.321 e. The minimum Gasteiger partial charge on any atom is -0.467 e. The van der Waals surface area contributed by atoms with E-state index in [-0.39, 0.29) is 0 Å². The zero-order valence-electron chi connectivity index (χ0n) is 7.21. The van der Waals surface area contributed by atoms with Crippen molar-refractivity contribution in [2.45, 2.75) is 0 Å². The lowest BCUT2D eigenvalue weighted by Gasteiger charge is -2.03. The van der Waals surface area contributed by atoms with Crippen molar-refractivity contribution in [1.82, 2.24) is 14.8 Å². The van der Waals surface area contributed by atoms with Crippen LogP contribution in [0.15, 0.2) is 36.7 Å². The topological polar surface area (TPSA) is 39.9 Å². The molecule has 0 amide bonds. The summed E-state index contributed by atoms with van der Waals surface area (Å²) in [6, 6.07) is 10.3. The van der Waals surface area contributed by atoms with Gasteiger partial charge in [0, 0.05) is 0 Å². The zero-order valence-corrected chi connectivity index (χ0v) is 7.21. The van der Waals surface area contributed by atoms with Crippen LogP contribution in [0.3, 0.4) is 0 Å². The first-order valence-electron chi connectivity index (χ1n) is 3.91. The first-order chi connectivity index (χ1) is 6.42. The van der Waals surface area contributed by atoms with Crippen LogP contribution in [0.25, 0.3) is 5.69 Å². The van der Waals surface area contributed by atoms with E-state index in [4.69, 9.17) is 4.74 Å². The molecule has 1 aromatic heterocycles. The van der Waals surface area contributed by atoms with E-state index in [9.17, 15) is 0 Å². The fraction of sp³-hybridized carbons (Fsp3) is 0.111. The van der Waals surface area contributed by atoms with Gasteiger partial charge in [-0.3, -0.25) is 4.57 Å². The summed E-state index contributed by atoms with van der Waals surface area (Å²) in [5.41, 5.74) is 0.990. The Bertz CT molecular complexity index is 383. The summed E-state index contributed by atoms with van der Waals surface area (Å²) in [5.74, 6) is 0. The van der Waals surface area contributed by atoms with Gasteiger partial charge in [0.1, 0.15) is 6.33 Å². The molecule has 2 rings (SSSR count). The van der Waals surface area contributed by atoms with Crippen molar-refractivity contribution in [3.05, 3.63) is 36.7 Å². The van der Waals surface area contributed by atoms with Crippen molar-refractivity contribution in [2.75, 3.05) is 7.11 Å². The molecule has 4 nitrogen and oxygen atoms in total. The van der Waals surface area contributed by atoms with Crippen LogP contribution >= 0.6 is 0 Å². The molecule has 4 heteroatoms. The zero-order chi connectivity index (χ0) is 9.10. The van der Waals surface area contributed by atoms with Crippen LogP contribution in [0, 0.1) is 0 Å². The van der Waals surface area contributed by atoms with E-state index in [1.165, 1.54) is 0 Å². The molecule has 0 atom stereocenters. The summed E-state index contributed by atoms with van der Waals surface area (Å²) < 4.78 is 6.81. The second kappa shape index (κ2) is 3.26. The van der Waals surface area contributed by atoms with Gasteiger partial charge in [-0.25, -0.2) is 0 Å². The number of methoxy groups -OCH3 is 1. The highest BCUT2D eigenvalue weighted by Gasteiger charge is 2.03. The molecule has 0 saturated heterocycles. The van der Waals surface area contributed by atoms with Crippen LogP contribution in [0.5, 0.6) is 6.01 Å². The van der Waals surface area contributed by atoms with Crippen LogP contribution in [0.4, 0.5) is 0 Å². The minimum atomic E-state index is 0.492. The Balaban J connectivity index is 2.47. The monoisotopic (exact) mass is 175 g/mol. The quantitative estimate of drug-likeness (QED) is 0.690. The van der Waals surface area contributed by atoms with Crippen LogP contribution in [0.1, 0.15) is 0 Å². The Kier molecular flexibility index (Phi) is 1.96. The highest BCUT2D eigenvalue weighted by Crippen LogP contribution is 2.13. The smallest absolute Gasteiger partial charge is 0.321 e. The molecule has 0 N–H and O–H groups in total. The molecule has 0 saturated carbocycles. The van der Waals surface area contributed by atoms with Gasteiger partial charge in [-0.15, -0.1) is 5.10 Å². The van der Waals surface area contributed by atoms with E-state index in [1.54, 1.807) is 18.0 Å². The van der Waals surface area contributed by atoms with Crippen LogP contribution in [0.2, 0.25) is 0 Å². The third-order valence-electron chi connectivity index (χ3n) is 1.73. The molecule has 2 aromatic rings. The van der Waals surface area contributed by atoms with E-state index in [0.29, 0.717) is 6.01 Å². The Morgan fingerprint density at radius 2 is 2.00 bits per heavy atom. The molecule has 0 bridgehead atoms. The van der Waals surface area contributed by atoms with Gasteiger partial charge in [-0.1, -0.05) is 23.3 Å². The lowest BCUT2D eigenvalue weighted by Crippen LogP contribution is -1.96. The average molecular weight is 175 g/mol. The van der Waals surface area contributed by atoms with Crippen LogP contribution < -0.4 is 4.74 Å². The molecule has 0 radical (unpaired) electrons. The number of rotatable bonds is 2. The molecule has 13 heavy (non-hydrogen) atoms. The number of nitrogens with zero attached hydrogens (tertiary/aromatic N) is 3. The average Bonchev–Trinajstić information content (AvgIpc) is 2.67. The van der Waals surface area contributed by atoms with Gasteiger partial charge < -0.3 is 4.74 Å². The third kappa shape index (κ3) is 1.38. The second-order valence-electron chi connectivity index (χ2n) is 2.52. The van der Waals surface area contributed by atoms with Gasteiger partial charge >= 0.3 is 6.01 Å². The summed E-state index contributed by atoms with van der Waals surface area (Å²) in [6.45, 7) is 0. The third-order valence-corrected chi connectivity index (χ3v) is 1.73. The van der Waals surface area contributed by atoms with Crippen molar-refractivity contribution >= 4 is 0 Å². The molecule has 0 aliphatic carbocycles. The Labute approximate surface area is 75.8 Å². The lowest BCUT2D eigenvalue weighted by molar-refractivity contribution is 0.372. The normalized spacial score (nSPS) is 9.92. The summed E-state index contributed by atoms with van der Waals surface area (Å²) >= 11 is 0. The second-order valence-corrected chi connectivity index (χ2v) is 2.52. The van der Waals surface area contributed by atoms with Crippen molar-refractivity contribution in [3.8, 4) is 11.7 Å².